The fourth-order valence-electron chi connectivity index (χ4n) is 1.78. The molecule has 2 N–H and O–H groups in total. The van der Waals surface area contributed by atoms with Crippen LogP contribution in [0, 0.1) is 0 Å². The first-order valence-electron chi connectivity index (χ1n) is 6.64. The Labute approximate surface area is 118 Å². The van der Waals surface area contributed by atoms with Gasteiger partial charge in [-0.2, -0.15) is 0 Å². The number of hydrogen-bond donors (Lipinski definition) is 2. The van der Waals surface area contributed by atoms with Gasteiger partial charge in [0, 0.05) is 19.6 Å². The summed E-state index contributed by atoms with van der Waals surface area (Å²) in [6.07, 6.45) is 0.234. The fraction of sp³-hybridized carbons (Fsp3) is 0.467. The van der Waals surface area contributed by atoms with E-state index in [0.29, 0.717) is 18.8 Å². The number of benzene rings is 1. The van der Waals surface area contributed by atoms with E-state index in [-0.39, 0.29) is 18.9 Å². The molecule has 0 saturated heterocycles. The maximum absolute atomic E-state index is 11.6. The van der Waals surface area contributed by atoms with Crippen LogP contribution in [0.1, 0.15) is 25.8 Å². The van der Waals surface area contributed by atoms with Gasteiger partial charge in [-0.05, 0) is 19.4 Å². The Morgan fingerprint density at radius 3 is 2.50 bits per heavy atom. The minimum atomic E-state index is -1.14. The lowest BCUT2D eigenvalue weighted by atomic mass is 9.82. The maximum atomic E-state index is 11.6. The lowest BCUT2D eigenvalue weighted by molar-refractivity contribution is -0.143. The Morgan fingerprint density at radius 2 is 1.95 bits per heavy atom. The molecule has 0 saturated carbocycles. The van der Waals surface area contributed by atoms with E-state index in [9.17, 15) is 14.7 Å². The first kappa shape index (κ1) is 16.2. The summed E-state index contributed by atoms with van der Waals surface area (Å²) in [5, 5.41) is 12.1. The summed E-state index contributed by atoms with van der Waals surface area (Å²) in [5.41, 5.74) is -0.472. The van der Waals surface area contributed by atoms with Crippen molar-refractivity contribution in [2.75, 3.05) is 19.8 Å². The van der Waals surface area contributed by atoms with Crippen LogP contribution in [-0.4, -0.2) is 36.7 Å². The molecular weight excluding hydrogens is 258 g/mol. The second-order valence-corrected chi connectivity index (χ2v) is 4.73. The van der Waals surface area contributed by atoms with Crippen LogP contribution >= 0.6 is 0 Å². The molecule has 1 aromatic carbocycles. The molecule has 0 spiro atoms. The number of carbonyl (C=O) groups is 2. The van der Waals surface area contributed by atoms with Crippen LogP contribution in [0.4, 0.5) is 0 Å². The van der Waals surface area contributed by atoms with E-state index in [0.717, 1.165) is 0 Å². The molecule has 0 bridgehead atoms. The number of carbonyl (C=O) groups excluding carboxylic acids is 1. The number of aliphatic carboxylic acids is 1. The highest BCUT2D eigenvalue weighted by Crippen LogP contribution is 2.23. The highest BCUT2D eigenvalue weighted by Gasteiger charge is 2.35. The predicted octanol–water partition coefficient (Wildman–Crippen LogP) is 1.57. The summed E-state index contributed by atoms with van der Waals surface area (Å²) in [4.78, 5) is 23.2. The normalized spacial score (nSPS) is 13.5. The van der Waals surface area contributed by atoms with Gasteiger partial charge in [0.1, 0.15) is 5.41 Å². The quantitative estimate of drug-likeness (QED) is 0.708. The maximum Gasteiger partial charge on any atom is 0.315 e. The molecule has 110 valence electrons. The zero-order valence-electron chi connectivity index (χ0n) is 11.9. The Balaban J connectivity index is 2.65. The Hall–Kier alpha value is -1.88. The summed E-state index contributed by atoms with van der Waals surface area (Å²) >= 11 is 0. The lowest BCUT2D eigenvalue weighted by Crippen LogP contribution is -2.44. The van der Waals surface area contributed by atoms with Gasteiger partial charge in [-0.1, -0.05) is 30.3 Å². The molecule has 0 heterocycles. The topological polar surface area (TPSA) is 75.6 Å². The number of amides is 1. The van der Waals surface area contributed by atoms with Crippen LogP contribution in [0.15, 0.2) is 30.3 Å². The number of carboxylic acids is 1. The predicted molar refractivity (Wildman–Crippen MR) is 75.5 cm³/mol. The van der Waals surface area contributed by atoms with Crippen LogP contribution in [0.25, 0.3) is 0 Å². The van der Waals surface area contributed by atoms with Crippen LogP contribution in [0.3, 0.4) is 0 Å². The number of rotatable bonds is 8. The Morgan fingerprint density at radius 1 is 1.30 bits per heavy atom. The van der Waals surface area contributed by atoms with Crippen molar-refractivity contribution in [2.45, 2.75) is 25.7 Å². The van der Waals surface area contributed by atoms with Gasteiger partial charge < -0.3 is 15.2 Å². The van der Waals surface area contributed by atoms with E-state index in [2.05, 4.69) is 5.32 Å². The molecule has 0 aliphatic rings. The van der Waals surface area contributed by atoms with Gasteiger partial charge in [0.05, 0.1) is 6.61 Å². The smallest absolute Gasteiger partial charge is 0.315 e. The minimum Gasteiger partial charge on any atom is -0.481 e. The van der Waals surface area contributed by atoms with Gasteiger partial charge in [-0.3, -0.25) is 9.59 Å². The summed E-state index contributed by atoms with van der Waals surface area (Å²) in [6.45, 7) is 4.42. The SMILES string of the molecule is CCOCCC(=O)NCC(C)(C(=O)O)c1ccccc1. The highest BCUT2D eigenvalue weighted by atomic mass is 16.5. The van der Waals surface area contributed by atoms with Crippen LogP contribution in [0.5, 0.6) is 0 Å². The van der Waals surface area contributed by atoms with E-state index in [1.807, 2.05) is 13.0 Å². The van der Waals surface area contributed by atoms with E-state index >= 15 is 0 Å². The zero-order valence-corrected chi connectivity index (χ0v) is 11.9. The summed E-state index contributed by atoms with van der Waals surface area (Å²) < 4.78 is 5.09. The molecule has 0 fully saturated rings. The second kappa shape index (κ2) is 7.65. The Bertz CT molecular complexity index is 446. The fourth-order valence-corrected chi connectivity index (χ4v) is 1.78. The van der Waals surface area contributed by atoms with Gasteiger partial charge in [0.15, 0.2) is 0 Å². The van der Waals surface area contributed by atoms with Crippen molar-refractivity contribution >= 4 is 11.9 Å². The van der Waals surface area contributed by atoms with Crippen molar-refractivity contribution in [3.05, 3.63) is 35.9 Å². The van der Waals surface area contributed by atoms with Gasteiger partial charge in [0.2, 0.25) is 5.91 Å². The van der Waals surface area contributed by atoms with Crippen LogP contribution in [-0.2, 0) is 19.7 Å². The van der Waals surface area contributed by atoms with Crippen LogP contribution < -0.4 is 5.32 Å². The largest absolute Gasteiger partial charge is 0.481 e. The first-order valence-corrected chi connectivity index (χ1v) is 6.64. The molecule has 0 aliphatic heterocycles. The van der Waals surface area contributed by atoms with Gasteiger partial charge in [-0.25, -0.2) is 0 Å². The van der Waals surface area contributed by atoms with E-state index in [1.165, 1.54) is 0 Å². The van der Waals surface area contributed by atoms with Crippen molar-refractivity contribution in [3.63, 3.8) is 0 Å². The number of nitrogens with one attached hydrogen (secondary N) is 1. The summed E-state index contributed by atoms with van der Waals surface area (Å²) in [7, 11) is 0. The third kappa shape index (κ3) is 4.35. The number of ether oxygens (including phenoxy) is 1. The summed E-state index contributed by atoms with van der Waals surface area (Å²) in [5.74, 6) is -1.17. The average molecular weight is 279 g/mol. The molecule has 0 aliphatic carbocycles. The molecular formula is C15H21NO4. The van der Waals surface area contributed by atoms with Crippen LogP contribution in [0.2, 0.25) is 0 Å². The van der Waals surface area contributed by atoms with Crippen molar-refractivity contribution in [1.82, 2.24) is 5.32 Å². The zero-order chi connectivity index (χ0) is 15.0. The molecule has 1 amide bonds. The van der Waals surface area contributed by atoms with Gasteiger partial charge >= 0.3 is 5.97 Å². The van der Waals surface area contributed by atoms with Gasteiger partial charge in [-0.15, -0.1) is 0 Å². The van der Waals surface area contributed by atoms with Crippen molar-refractivity contribution in [2.24, 2.45) is 0 Å². The molecule has 1 atom stereocenters. The van der Waals surface area contributed by atoms with E-state index < -0.39 is 11.4 Å². The van der Waals surface area contributed by atoms with Crippen molar-refractivity contribution in [3.8, 4) is 0 Å². The van der Waals surface area contributed by atoms with Crippen molar-refractivity contribution < 1.29 is 19.4 Å². The first-order chi connectivity index (χ1) is 9.50. The Kier molecular flexibility index (Phi) is 6.18. The number of carboxylic acid groups (broad SMARTS) is 1. The highest BCUT2D eigenvalue weighted by molar-refractivity contribution is 5.83. The molecule has 5 nitrogen and oxygen atoms in total. The molecule has 0 radical (unpaired) electrons. The standard InChI is InChI=1S/C15H21NO4/c1-3-20-10-9-13(17)16-11-15(2,14(18)19)12-7-5-4-6-8-12/h4-8H,3,9-11H2,1-2H3,(H,16,17)(H,18,19). The average Bonchev–Trinajstić information content (AvgIpc) is 2.45. The third-order valence-corrected chi connectivity index (χ3v) is 3.20. The summed E-state index contributed by atoms with van der Waals surface area (Å²) in [6, 6.07) is 8.90. The molecule has 5 heteroatoms. The lowest BCUT2D eigenvalue weighted by Gasteiger charge is -2.25. The van der Waals surface area contributed by atoms with Crippen molar-refractivity contribution in [1.29, 1.82) is 0 Å². The molecule has 1 aromatic rings. The van der Waals surface area contributed by atoms with E-state index in [4.69, 9.17) is 4.74 Å². The number of hydrogen-bond acceptors (Lipinski definition) is 3. The molecule has 1 unspecified atom stereocenters. The minimum absolute atomic E-state index is 0.0529. The van der Waals surface area contributed by atoms with Gasteiger partial charge in [0.25, 0.3) is 0 Å². The van der Waals surface area contributed by atoms with E-state index in [1.54, 1.807) is 31.2 Å². The molecule has 0 aromatic heterocycles. The molecule has 20 heavy (non-hydrogen) atoms. The monoisotopic (exact) mass is 279 g/mol. The third-order valence-electron chi connectivity index (χ3n) is 3.20. The molecule has 1 rings (SSSR count). The second-order valence-electron chi connectivity index (χ2n) is 4.73.